The van der Waals surface area contributed by atoms with Crippen molar-refractivity contribution in [1.29, 1.82) is 0 Å². The highest BCUT2D eigenvalue weighted by molar-refractivity contribution is 5.41. The van der Waals surface area contributed by atoms with Crippen LogP contribution in [0.15, 0.2) is 24.3 Å². The standard InChI is InChI=1S/C11H15N5O/c1-9-3-5-10(6-4-9)16-11(12-13-14-16)15(2)7-8-17/h3-6,17H,7-8H2,1-2H3. The molecule has 0 unspecified atom stereocenters. The van der Waals surface area contributed by atoms with Gasteiger partial charge in [-0.2, -0.15) is 4.68 Å². The van der Waals surface area contributed by atoms with Crippen LogP contribution in [0.25, 0.3) is 5.69 Å². The second-order valence-electron chi connectivity index (χ2n) is 3.87. The lowest BCUT2D eigenvalue weighted by atomic mass is 10.2. The smallest absolute Gasteiger partial charge is 0.250 e. The molecular weight excluding hydrogens is 218 g/mol. The molecule has 1 aromatic heterocycles. The third kappa shape index (κ3) is 2.42. The minimum Gasteiger partial charge on any atom is -0.395 e. The Kier molecular flexibility index (Phi) is 3.34. The van der Waals surface area contributed by atoms with Crippen LogP contribution in [-0.2, 0) is 0 Å². The van der Waals surface area contributed by atoms with E-state index in [1.165, 1.54) is 5.56 Å². The fourth-order valence-electron chi connectivity index (χ4n) is 1.52. The third-order valence-electron chi connectivity index (χ3n) is 2.51. The number of benzene rings is 1. The number of aryl methyl sites for hydroxylation is 1. The molecule has 2 aromatic rings. The third-order valence-corrected chi connectivity index (χ3v) is 2.51. The molecule has 0 spiro atoms. The molecule has 0 amide bonds. The summed E-state index contributed by atoms with van der Waals surface area (Å²) in [6.45, 7) is 2.59. The molecule has 0 fully saturated rings. The summed E-state index contributed by atoms with van der Waals surface area (Å²) in [5.41, 5.74) is 2.09. The van der Waals surface area contributed by atoms with Crippen LogP contribution in [0.3, 0.4) is 0 Å². The number of aliphatic hydroxyl groups is 1. The highest BCUT2D eigenvalue weighted by Crippen LogP contribution is 2.14. The number of aromatic nitrogens is 4. The van der Waals surface area contributed by atoms with Crippen LogP contribution >= 0.6 is 0 Å². The van der Waals surface area contributed by atoms with Gasteiger partial charge in [-0.15, -0.1) is 0 Å². The molecular formula is C11H15N5O. The number of nitrogens with zero attached hydrogens (tertiary/aromatic N) is 5. The molecule has 6 heteroatoms. The minimum atomic E-state index is 0.0667. The number of aliphatic hydroxyl groups excluding tert-OH is 1. The largest absolute Gasteiger partial charge is 0.395 e. The summed E-state index contributed by atoms with van der Waals surface area (Å²) in [7, 11) is 1.84. The maximum absolute atomic E-state index is 8.91. The monoisotopic (exact) mass is 233 g/mol. The van der Waals surface area contributed by atoms with Gasteiger partial charge in [0.1, 0.15) is 0 Å². The average molecular weight is 233 g/mol. The van der Waals surface area contributed by atoms with Crippen molar-refractivity contribution in [3.05, 3.63) is 29.8 Å². The topological polar surface area (TPSA) is 67.1 Å². The lowest BCUT2D eigenvalue weighted by molar-refractivity contribution is 0.303. The van der Waals surface area contributed by atoms with E-state index in [9.17, 15) is 0 Å². The van der Waals surface area contributed by atoms with E-state index in [0.29, 0.717) is 12.5 Å². The molecule has 0 aliphatic carbocycles. The van der Waals surface area contributed by atoms with Crippen molar-refractivity contribution in [2.45, 2.75) is 6.92 Å². The molecule has 0 aliphatic rings. The first kappa shape index (κ1) is 11.5. The Balaban J connectivity index is 2.33. The zero-order valence-electron chi connectivity index (χ0n) is 9.91. The summed E-state index contributed by atoms with van der Waals surface area (Å²) >= 11 is 0. The van der Waals surface area contributed by atoms with E-state index in [1.807, 2.05) is 38.2 Å². The molecule has 6 nitrogen and oxygen atoms in total. The van der Waals surface area contributed by atoms with Crippen molar-refractivity contribution in [1.82, 2.24) is 20.2 Å². The normalized spacial score (nSPS) is 10.5. The average Bonchev–Trinajstić information content (AvgIpc) is 2.79. The quantitative estimate of drug-likeness (QED) is 0.828. The van der Waals surface area contributed by atoms with Crippen molar-refractivity contribution < 1.29 is 5.11 Å². The van der Waals surface area contributed by atoms with Gasteiger partial charge in [0, 0.05) is 13.6 Å². The number of anilines is 1. The van der Waals surface area contributed by atoms with Crippen molar-refractivity contribution in [2.75, 3.05) is 25.1 Å². The zero-order chi connectivity index (χ0) is 12.3. The lowest BCUT2D eigenvalue weighted by Gasteiger charge is -2.15. The lowest BCUT2D eigenvalue weighted by Crippen LogP contribution is -2.24. The predicted molar refractivity (Wildman–Crippen MR) is 64.2 cm³/mol. The van der Waals surface area contributed by atoms with Crippen molar-refractivity contribution in [3.63, 3.8) is 0 Å². The van der Waals surface area contributed by atoms with Gasteiger partial charge in [0.15, 0.2) is 0 Å². The number of hydrogen-bond acceptors (Lipinski definition) is 5. The summed E-state index contributed by atoms with van der Waals surface area (Å²) in [6, 6.07) is 7.93. The first-order chi connectivity index (χ1) is 8.22. The van der Waals surface area contributed by atoms with Crippen LogP contribution in [0.4, 0.5) is 5.95 Å². The van der Waals surface area contributed by atoms with Crippen molar-refractivity contribution >= 4 is 5.95 Å². The maximum atomic E-state index is 8.91. The van der Waals surface area contributed by atoms with Crippen LogP contribution in [0.1, 0.15) is 5.56 Å². The molecule has 0 saturated heterocycles. The van der Waals surface area contributed by atoms with Gasteiger partial charge < -0.3 is 10.0 Å². The van der Waals surface area contributed by atoms with Crippen molar-refractivity contribution in [3.8, 4) is 5.69 Å². The van der Waals surface area contributed by atoms with E-state index >= 15 is 0 Å². The van der Waals surface area contributed by atoms with Crippen LogP contribution in [-0.4, -0.2) is 45.5 Å². The summed E-state index contributed by atoms with van der Waals surface area (Å²) in [5.74, 6) is 0.614. The molecule has 90 valence electrons. The van der Waals surface area contributed by atoms with Gasteiger partial charge in [-0.05, 0) is 29.5 Å². The Bertz CT molecular complexity index is 479. The molecule has 0 radical (unpaired) electrons. The molecule has 17 heavy (non-hydrogen) atoms. The van der Waals surface area contributed by atoms with Gasteiger partial charge in [-0.1, -0.05) is 22.8 Å². The number of likely N-dealkylation sites (N-methyl/N-ethyl adjacent to an activating group) is 1. The van der Waals surface area contributed by atoms with Gasteiger partial charge in [0.25, 0.3) is 0 Å². The van der Waals surface area contributed by atoms with Crippen molar-refractivity contribution in [2.24, 2.45) is 0 Å². The molecule has 1 aromatic carbocycles. The second kappa shape index (κ2) is 4.92. The van der Waals surface area contributed by atoms with E-state index in [2.05, 4.69) is 15.5 Å². The second-order valence-corrected chi connectivity index (χ2v) is 3.87. The summed E-state index contributed by atoms with van der Waals surface area (Å²) < 4.78 is 1.65. The summed E-state index contributed by atoms with van der Waals surface area (Å²) in [6.07, 6.45) is 0. The SMILES string of the molecule is Cc1ccc(-n2nnnc2N(C)CCO)cc1. The maximum Gasteiger partial charge on any atom is 0.250 e. The first-order valence-electron chi connectivity index (χ1n) is 5.40. The first-order valence-corrected chi connectivity index (χ1v) is 5.40. The highest BCUT2D eigenvalue weighted by atomic mass is 16.3. The van der Waals surface area contributed by atoms with Crippen LogP contribution in [0.5, 0.6) is 0 Å². The summed E-state index contributed by atoms with van der Waals surface area (Å²) in [4.78, 5) is 1.81. The highest BCUT2D eigenvalue weighted by Gasteiger charge is 2.11. The van der Waals surface area contributed by atoms with E-state index < -0.39 is 0 Å². The van der Waals surface area contributed by atoms with Crippen LogP contribution < -0.4 is 4.90 Å². The minimum absolute atomic E-state index is 0.0667. The molecule has 0 atom stereocenters. The van der Waals surface area contributed by atoms with Gasteiger partial charge >= 0.3 is 0 Å². The molecule has 0 saturated carbocycles. The Morgan fingerprint density at radius 3 is 2.65 bits per heavy atom. The van der Waals surface area contributed by atoms with E-state index in [0.717, 1.165) is 5.69 Å². The van der Waals surface area contributed by atoms with Gasteiger partial charge in [0.05, 0.1) is 12.3 Å². The number of rotatable bonds is 4. The Hall–Kier alpha value is -1.95. The van der Waals surface area contributed by atoms with E-state index in [1.54, 1.807) is 9.58 Å². The fourth-order valence-corrected chi connectivity index (χ4v) is 1.52. The Labute approximate surface area is 99.5 Å². The van der Waals surface area contributed by atoms with Crippen LogP contribution in [0.2, 0.25) is 0 Å². The molecule has 0 bridgehead atoms. The summed E-state index contributed by atoms with van der Waals surface area (Å²) in [5, 5.41) is 20.5. The van der Waals surface area contributed by atoms with Gasteiger partial charge in [-0.25, -0.2) is 0 Å². The van der Waals surface area contributed by atoms with Gasteiger partial charge in [-0.3, -0.25) is 0 Å². The fraction of sp³-hybridized carbons (Fsp3) is 0.364. The Morgan fingerprint density at radius 1 is 1.29 bits per heavy atom. The number of hydrogen-bond donors (Lipinski definition) is 1. The van der Waals surface area contributed by atoms with Crippen LogP contribution in [0, 0.1) is 6.92 Å². The Morgan fingerprint density at radius 2 is 2.00 bits per heavy atom. The van der Waals surface area contributed by atoms with E-state index in [4.69, 9.17) is 5.11 Å². The van der Waals surface area contributed by atoms with Gasteiger partial charge in [0.2, 0.25) is 5.95 Å². The molecule has 1 N–H and O–H groups in total. The molecule has 2 rings (SSSR count). The predicted octanol–water partition coefficient (Wildman–Crippen LogP) is 0.399. The number of tetrazole rings is 1. The van der Waals surface area contributed by atoms with E-state index in [-0.39, 0.29) is 6.61 Å². The zero-order valence-corrected chi connectivity index (χ0v) is 9.91. The molecule has 0 aliphatic heterocycles. The molecule has 1 heterocycles.